The SMILES string of the molecule is CCCCOC(=O)N1CCN2c3ccc(Br)cc3NC(=O)[C@@H]2C1. The van der Waals surface area contributed by atoms with Crippen molar-refractivity contribution in [2.24, 2.45) is 0 Å². The zero-order chi connectivity index (χ0) is 16.4. The predicted molar refractivity (Wildman–Crippen MR) is 91.7 cm³/mol. The molecule has 0 bridgehead atoms. The number of amides is 2. The molecule has 0 spiro atoms. The van der Waals surface area contributed by atoms with E-state index in [0.717, 1.165) is 28.7 Å². The second kappa shape index (κ2) is 6.78. The maximum Gasteiger partial charge on any atom is 0.409 e. The third kappa shape index (κ3) is 3.29. The van der Waals surface area contributed by atoms with Crippen molar-refractivity contribution in [1.29, 1.82) is 0 Å². The number of piperazine rings is 1. The molecule has 0 aromatic heterocycles. The second-order valence-corrected chi connectivity index (χ2v) is 6.69. The number of hydrogen-bond acceptors (Lipinski definition) is 4. The Kier molecular flexibility index (Phi) is 4.75. The fourth-order valence-corrected chi connectivity index (χ4v) is 3.29. The van der Waals surface area contributed by atoms with Gasteiger partial charge >= 0.3 is 6.09 Å². The Morgan fingerprint density at radius 1 is 1.43 bits per heavy atom. The quantitative estimate of drug-likeness (QED) is 0.817. The average molecular weight is 382 g/mol. The van der Waals surface area contributed by atoms with E-state index in [4.69, 9.17) is 4.74 Å². The van der Waals surface area contributed by atoms with Gasteiger partial charge in [-0.2, -0.15) is 0 Å². The molecular weight excluding hydrogens is 362 g/mol. The Morgan fingerprint density at radius 3 is 3.04 bits per heavy atom. The molecule has 0 radical (unpaired) electrons. The zero-order valence-corrected chi connectivity index (χ0v) is 14.6. The number of rotatable bonds is 3. The van der Waals surface area contributed by atoms with Gasteiger partial charge in [0.15, 0.2) is 0 Å². The summed E-state index contributed by atoms with van der Waals surface area (Å²) in [5, 5.41) is 2.92. The van der Waals surface area contributed by atoms with Gasteiger partial charge in [-0.15, -0.1) is 0 Å². The number of anilines is 2. The van der Waals surface area contributed by atoms with Gasteiger partial charge in [-0.1, -0.05) is 29.3 Å². The molecule has 2 aliphatic rings. The van der Waals surface area contributed by atoms with E-state index >= 15 is 0 Å². The van der Waals surface area contributed by atoms with Gasteiger partial charge in [0.2, 0.25) is 5.91 Å². The summed E-state index contributed by atoms with van der Waals surface area (Å²) in [5.74, 6) is -0.0818. The minimum atomic E-state index is -0.365. The first-order valence-electron chi connectivity index (χ1n) is 7.89. The van der Waals surface area contributed by atoms with Gasteiger partial charge in [-0.05, 0) is 24.6 Å². The van der Waals surface area contributed by atoms with Crippen LogP contribution in [0.5, 0.6) is 0 Å². The van der Waals surface area contributed by atoms with Gasteiger partial charge in [0.1, 0.15) is 6.04 Å². The van der Waals surface area contributed by atoms with Crippen molar-refractivity contribution in [3.05, 3.63) is 22.7 Å². The third-order valence-electron chi connectivity index (χ3n) is 4.19. The van der Waals surface area contributed by atoms with Crippen molar-refractivity contribution < 1.29 is 14.3 Å². The van der Waals surface area contributed by atoms with Crippen LogP contribution in [-0.4, -0.2) is 49.2 Å². The summed E-state index contributed by atoms with van der Waals surface area (Å²) in [5.41, 5.74) is 1.80. The molecule has 7 heteroatoms. The van der Waals surface area contributed by atoms with E-state index in [1.54, 1.807) is 4.90 Å². The van der Waals surface area contributed by atoms with Crippen LogP contribution in [0.4, 0.5) is 16.2 Å². The Labute approximate surface area is 143 Å². The lowest BCUT2D eigenvalue weighted by Crippen LogP contribution is -2.61. The summed E-state index contributed by atoms with van der Waals surface area (Å²) in [4.78, 5) is 28.2. The molecule has 0 aliphatic carbocycles. The van der Waals surface area contributed by atoms with E-state index in [1.165, 1.54) is 0 Å². The molecule has 124 valence electrons. The Balaban J connectivity index is 1.71. The highest BCUT2D eigenvalue weighted by Gasteiger charge is 2.39. The maximum absolute atomic E-state index is 12.4. The van der Waals surface area contributed by atoms with Crippen LogP contribution in [0.25, 0.3) is 0 Å². The van der Waals surface area contributed by atoms with E-state index in [-0.39, 0.29) is 18.0 Å². The standard InChI is InChI=1S/C16H20BrN3O3/c1-2-3-8-23-16(22)19-6-7-20-13-5-4-11(17)9-12(13)18-15(21)14(20)10-19/h4-5,9,14H,2-3,6-8,10H2,1H3,(H,18,21)/t14-/m0/s1. The van der Waals surface area contributed by atoms with E-state index in [9.17, 15) is 9.59 Å². The van der Waals surface area contributed by atoms with Gasteiger partial charge < -0.3 is 19.9 Å². The molecule has 0 saturated carbocycles. The largest absolute Gasteiger partial charge is 0.449 e. The molecular formula is C16H20BrN3O3. The number of ether oxygens (including phenoxy) is 1. The Hall–Kier alpha value is -1.76. The normalized spacial score (nSPS) is 19.7. The molecule has 2 heterocycles. The minimum absolute atomic E-state index is 0.0818. The van der Waals surface area contributed by atoms with Gasteiger partial charge in [-0.3, -0.25) is 4.79 Å². The molecule has 23 heavy (non-hydrogen) atoms. The van der Waals surface area contributed by atoms with Crippen LogP contribution in [-0.2, 0) is 9.53 Å². The lowest BCUT2D eigenvalue weighted by atomic mass is 10.1. The van der Waals surface area contributed by atoms with Crippen molar-refractivity contribution in [2.45, 2.75) is 25.8 Å². The predicted octanol–water partition coefficient (Wildman–Crippen LogP) is 2.83. The van der Waals surface area contributed by atoms with Crippen LogP contribution >= 0.6 is 15.9 Å². The molecule has 6 nitrogen and oxygen atoms in total. The van der Waals surface area contributed by atoms with E-state index < -0.39 is 0 Å². The van der Waals surface area contributed by atoms with Crippen LogP contribution in [0.3, 0.4) is 0 Å². The summed E-state index contributed by atoms with van der Waals surface area (Å²) < 4.78 is 6.18. The molecule has 2 aliphatic heterocycles. The molecule has 1 aromatic carbocycles. The van der Waals surface area contributed by atoms with Gasteiger partial charge in [0.05, 0.1) is 24.5 Å². The van der Waals surface area contributed by atoms with Crippen molar-refractivity contribution in [3.63, 3.8) is 0 Å². The van der Waals surface area contributed by atoms with Crippen LogP contribution in [0.2, 0.25) is 0 Å². The van der Waals surface area contributed by atoms with E-state index in [1.807, 2.05) is 18.2 Å². The summed E-state index contributed by atoms with van der Waals surface area (Å²) in [6.07, 6.45) is 1.52. The summed E-state index contributed by atoms with van der Waals surface area (Å²) in [6.45, 7) is 4.02. The van der Waals surface area contributed by atoms with E-state index in [0.29, 0.717) is 26.2 Å². The molecule has 1 aromatic rings. The Bertz CT molecular complexity index is 623. The number of fused-ring (bicyclic) bond motifs is 3. The van der Waals surface area contributed by atoms with Gasteiger partial charge in [0.25, 0.3) is 0 Å². The first-order chi connectivity index (χ1) is 11.1. The van der Waals surface area contributed by atoms with E-state index in [2.05, 4.69) is 33.1 Å². The topological polar surface area (TPSA) is 61.9 Å². The van der Waals surface area contributed by atoms with Crippen LogP contribution in [0.1, 0.15) is 19.8 Å². The maximum atomic E-state index is 12.4. The lowest BCUT2D eigenvalue weighted by molar-refractivity contribution is -0.118. The average Bonchev–Trinajstić information content (AvgIpc) is 2.54. The minimum Gasteiger partial charge on any atom is -0.449 e. The first kappa shape index (κ1) is 16.1. The number of nitrogens with zero attached hydrogens (tertiary/aromatic N) is 2. The fraction of sp³-hybridized carbons (Fsp3) is 0.500. The smallest absolute Gasteiger partial charge is 0.409 e. The van der Waals surface area contributed by atoms with Crippen molar-refractivity contribution in [1.82, 2.24) is 4.90 Å². The van der Waals surface area contributed by atoms with Crippen molar-refractivity contribution >= 4 is 39.3 Å². The first-order valence-corrected chi connectivity index (χ1v) is 8.68. The lowest BCUT2D eigenvalue weighted by Gasteiger charge is -2.44. The molecule has 1 atom stereocenters. The number of unbranched alkanes of at least 4 members (excludes halogenated alkanes) is 1. The number of nitrogens with one attached hydrogen (secondary N) is 1. The summed E-state index contributed by atoms with van der Waals surface area (Å²) in [6, 6.07) is 5.48. The molecule has 0 unspecified atom stereocenters. The number of carbonyl (C=O) groups excluding carboxylic acids is 2. The highest BCUT2D eigenvalue weighted by molar-refractivity contribution is 9.10. The van der Waals surface area contributed by atoms with Crippen molar-refractivity contribution in [3.8, 4) is 0 Å². The summed E-state index contributed by atoms with van der Waals surface area (Å²) >= 11 is 3.42. The van der Waals surface area contributed by atoms with Crippen LogP contribution in [0.15, 0.2) is 22.7 Å². The second-order valence-electron chi connectivity index (χ2n) is 5.77. The molecule has 1 fully saturated rings. The summed E-state index contributed by atoms with van der Waals surface area (Å²) in [7, 11) is 0. The van der Waals surface area contributed by atoms with Crippen LogP contribution in [0, 0.1) is 0 Å². The third-order valence-corrected chi connectivity index (χ3v) is 4.68. The molecule has 2 amide bonds. The van der Waals surface area contributed by atoms with Gasteiger partial charge in [0, 0.05) is 17.6 Å². The van der Waals surface area contributed by atoms with Gasteiger partial charge in [-0.25, -0.2) is 4.79 Å². The fourth-order valence-electron chi connectivity index (χ4n) is 2.93. The zero-order valence-electron chi connectivity index (χ0n) is 13.0. The number of halogens is 1. The molecule has 1 N–H and O–H groups in total. The highest BCUT2D eigenvalue weighted by Crippen LogP contribution is 2.35. The number of carbonyl (C=O) groups is 2. The van der Waals surface area contributed by atoms with Crippen LogP contribution < -0.4 is 10.2 Å². The number of benzene rings is 1. The number of hydrogen-bond donors (Lipinski definition) is 1. The van der Waals surface area contributed by atoms with Crippen molar-refractivity contribution in [2.75, 3.05) is 36.5 Å². The Morgan fingerprint density at radius 2 is 2.26 bits per heavy atom. The highest BCUT2D eigenvalue weighted by atomic mass is 79.9. The monoisotopic (exact) mass is 381 g/mol. The molecule has 1 saturated heterocycles. The molecule has 3 rings (SSSR count).